The number of hydrogen-bond acceptors (Lipinski definition) is 6. The van der Waals surface area contributed by atoms with Crippen LogP contribution in [0, 0.1) is 6.92 Å². The molecule has 6 heteroatoms. The molecule has 1 aliphatic heterocycles. The van der Waals surface area contributed by atoms with Crippen LogP contribution < -0.4 is 5.32 Å². The molecule has 0 aliphatic carbocycles. The van der Waals surface area contributed by atoms with Crippen LogP contribution in [0.15, 0.2) is 35.0 Å². The molecule has 0 saturated carbocycles. The molecule has 1 aliphatic rings. The van der Waals surface area contributed by atoms with Crippen LogP contribution in [-0.2, 0) is 6.42 Å². The highest BCUT2D eigenvalue weighted by molar-refractivity contribution is 5.66. The van der Waals surface area contributed by atoms with Gasteiger partial charge in [0.2, 0.25) is 5.82 Å². The Morgan fingerprint density at radius 3 is 3.05 bits per heavy atom. The molecule has 104 valence electrons. The number of aryl methyl sites for hydroxylation is 1. The molecule has 1 N–H and O–H groups in total. The highest BCUT2D eigenvalue weighted by atomic mass is 16.5. The summed E-state index contributed by atoms with van der Waals surface area (Å²) in [4.78, 5) is 12.8. The molecule has 0 unspecified atom stereocenters. The third-order valence-electron chi connectivity index (χ3n) is 3.49. The van der Waals surface area contributed by atoms with Gasteiger partial charge in [0.25, 0.3) is 5.89 Å². The summed E-state index contributed by atoms with van der Waals surface area (Å²) in [6.07, 6.45) is 2.71. The summed E-state index contributed by atoms with van der Waals surface area (Å²) >= 11 is 0. The normalized spacial score (nSPS) is 13.0. The molecule has 3 aromatic rings. The van der Waals surface area contributed by atoms with Crippen molar-refractivity contribution >= 4 is 5.69 Å². The largest absolute Gasteiger partial charge is 0.384 e. The SMILES string of the molecule is Cc1nccc(-c2noc(-c3ccc4c(c3)CCN4)n2)n1. The molecule has 3 heterocycles. The first-order valence-electron chi connectivity index (χ1n) is 6.80. The second-order valence-corrected chi connectivity index (χ2v) is 4.96. The van der Waals surface area contributed by atoms with Crippen LogP contribution in [0.3, 0.4) is 0 Å². The van der Waals surface area contributed by atoms with Crippen molar-refractivity contribution in [2.24, 2.45) is 0 Å². The molecule has 2 aromatic heterocycles. The summed E-state index contributed by atoms with van der Waals surface area (Å²) < 4.78 is 5.36. The highest BCUT2D eigenvalue weighted by Crippen LogP contribution is 2.28. The molecule has 0 fully saturated rings. The zero-order chi connectivity index (χ0) is 14.2. The van der Waals surface area contributed by atoms with E-state index in [1.807, 2.05) is 13.0 Å². The van der Waals surface area contributed by atoms with Crippen molar-refractivity contribution in [3.8, 4) is 23.0 Å². The number of aromatic nitrogens is 4. The number of fused-ring (bicyclic) bond motifs is 1. The average Bonchev–Trinajstić information content (AvgIpc) is 3.15. The molecule has 0 atom stereocenters. The van der Waals surface area contributed by atoms with Gasteiger partial charge in [-0.25, -0.2) is 9.97 Å². The van der Waals surface area contributed by atoms with Gasteiger partial charge < -0.3 is 9.84 Å². The number of rotatable bonds is 2. The Morgan fingerprint density at radius 2 is 2.14 bits per heavy atom. The first-order chi connectivity index (χ1) is 10.3. The van der Waals surface area contributed by atoms with E-state index in [1.54, 1.807) is 12.3 Å². The van der Waals surface area contributed by atoms with E-state index in [2.05, 4.69) is 37.6 Å². The van der Waals surface area contributed by atoms with Crippen LogP contribution in [0.25, 0.3) is 23.0 Å². The summed E-state index contributed by atoms with van der Waals surface area (Å²) in [5, 5.41) is 7.34. The maximum Gasteiger partial charge on any atom is 0.258 e. The van der Waals surface area contributed by atoms with Gasteiger partial charge in [0.1, 0.15) is 11.5 Å². The van der Waals surface area contributed by atoms with Crippen molar-refractivity contribution in [2.45, 2.75) is 13.3 Å². The van der Waals surface area contributed by atoms with Crippen molar-refractivity contribution in [3.63, 3.8) is 0 Å². The van der Waals surface area contributed by atoms with Crippen LogP contribution in [0.4, 0.5) is 5.69 Å². The van der Waals surface area contributed by atoms with Crippen LogP contribution >= 0.6 is 0 Å². The van der Waals surface area contributed by atoms with E-state index < -0.39 is 0 Å². The minimum Gasteiger partial charge on any atom is -0.384 e. The molecule has 0 saturated heterocycles. The number of nitrogens with zero attached hydrogens (tertiary/aromatic N) is 4. The average molecular weight is 279 g/mol. The molecule has 0 amide bonds. The van der Waals surface area contributed by atoms with Crippen LogP contribution in [-0.4, -0.2) is 26.7 Å². The number of benzene rings is 1. The molecule has 21 heavy (non-hydrogen) atoms. The van der Waals surface area contributed by atoms with E-state index in [0.29, 0.717) is 23.2 Å². The van der Waals surface area contributed by atoms with Crippen molar-refractivity contribution in [1.82, 2.24) is 20.1 Å². The molecular weight excluding hydrogens is 266 g/mol. The lowest BCUT2D eigenvalue weighted by atomic mass is 10.1. The first kappa shape index (κ1) is 12.0. The third kappa shape index (κ3) is 2.14. The van der Waals surface area contributed by atoms with Crippen molar-refractivity contribution in [2.75, 3.05) is 11.9 Å². The summed E-state index contributed by atoms with van der Waals surface area (Å²) in [6.45, 7) is 2.81. The van der Waals surface area contributed by atoms with E-state index in [1.165, 1.54) is 11.3 Å². The van der Waals surface area contributed by atoms with Crippen molar-refractivity contribution in [3.05, 3.63) is 41.9 Å². The zero-order valence-electron chi connectivity index (χ0n) is 11.5. The Labute approximate surface area is 121 Å². The fraction of sp³-hybridized carbons (Fsp3) is 0.200. The van der Waals surface area contributed by atoms with Gasteiger partial charge >= 0.3 is 0 Å². The first-order valence-corrected chi connectivity index (χ1v) is 6.80. The fourth-order valence-electron chi connectivity index (χ4n) is 2.46. The summed E-state index contributed by atoms with van der Waals surface area (Å²) in [5.74, 6) is 1.67. The Bertz CT molecular complexity index is 811. The van der Waals surface area contributed by atoms with Gasteiger partial charge in [-0.1, -0.05) is 5.16 Å². The molecule has 0 spiro atoms. The second kappa shape index (κ2) is 4.66. The molecule has 0 radical (unpaired) electrons. The predicted octanol–water partition coefficient (Wildman–Crippen LogP) is 2.47. The topological polar surface area (TPSA) is 76.7 Å². The summed E-state index contributed by atoms with van der Waals surface area (Å²) in [7, 11) is 0. The standard InChI is InChI=1S/C15H13N5O/c1-9-16-7-5-13(18-9)14-19-15(21-20-14)11-2-3-12-10(8-11)4-6-17-12/h2-3,5,7-8,17H,4,6H2,1H3. The number of hydrogen-bond donors (Lipinski definition) is 1. The molecule has 4 rings (SSSR count). The lowest BCUT2D eigenvalue weighted by Gasteiger charge is -2.00. The summed E-state index contributed by atoms with van der Waals surface area (Å²) in [5.41, 5.74) is 4.07. The maximum absolute atomic E-state index is 5.36. The smallest absolute Gasteiger partial charge is 0.258 e. The zero-order valence-corrected chi connectivity index (χ0v) is 11.5. The van der Waals surface area contributed by atoms with Crippen LogP contribution in [0.1, 0.15) is 11.4 Å². The van der Waals surface area contributed by atoms with Gasteiger partial charge in [0, 0.05) is 24.0 Å². The Hall–Kier alpha value is -2.76. The Morgan fingerprint density at radius 1 is 1.19 bits per heavy atom. The second-order valence-electron chi connectivity index (χ2n) is 4.96. The number of anilines is 1. The molecular formula is C15H13N5O. The van der Waals surface area contributed by atoms with E-state index in [-0.39, 0.29) is 0 Å². The van der Waals surface area contributed by atoms with E-state index in [9.17, 15) is 0 Å². The van der Waals surface area contributed by atoms with Gasteiger partial charge in [-0.3, -0.25) is 0 Å². The predicted molar refractivity (Wildman–Crippen MR) is 77.7 cm³/mol. The maximum atomic E-state index is 5.36. The highest BCUT2D eigenvalue weighted by Gasteiger charge is 2.15. The van der Waals surface area contributed by atoms with Crippen molar-refractivity contribution in [1.29, 1.82) is 0 Å². The molecule has 0 bridgehead atoms. The van der Waals surface area contributed by atoms with E-state index in [0.717, 1.165) is 18.5 Å². The van der Waals surface area contributed by atoms with Gasteiger partial charge in [-0.05, 0) is 43.2 Å². The Balaban J connectivity index is 1.71. The minimum atomic E-state index is 0.481. The molecule has 1 aromatic carbocycles. The van der Waals surface area contributed by atoms with Crippen molar-refractivity contribution < 1.29 is 4.52 Å². The third-order valence-corrected chi connectivity index (χ3v) is 3.49. The monoisotopic (exact) mass is 279 g/mol. The fourth-order valence-corrected chi connectivity index (χ4v) is 2.46. The summed E-state index contributed by atoms with van der Waals surface area (Å²) in [6, 6.07) is 7.90. The lowest BCUT2D eigenvalue weighted by molar-refractivity contribution is 0.432. The van der Waals surface area contributed by atoms with Crippen LogP contribution in [0.5, 0.6) is 0 Å². The lowest BCUT2D eigenvalue weighted by Crippen LogP contribution is -1.91. The van der Waals surface area contributed by atoms with Crippen LogP contribution in [0.2, 0.25) is 0 Å². The van der Waals surface area contributed by atoms with Gasteiger partial charge in [-0.2, -0.15) is 4.98 Å². The quantitative estimate of drug-likeness (QED) is 0.776. The van der Waals surface area contributed by atoms with Gasteiger partial charge in [0.05, 0.1) is 0 Å². The molecule has 6 nitrogen and oxygen atoms in total. The van der Waals surface area contributed by atoms with Gasteiger partial charge in [-0.15, -0.1) is 0 Å². The van der Waals surface area contributed by atoms with E-state index in [4.69, 9.17) is 4.52 Å². The van der Waals surface area contributed by atoms with Gasteiger partial charge in [0.15, 0.2) is 0 Å². The Kier molecular flexibility index (Phi) is 2.67. The number of nitrogens with one attached hydrogen (secondary N) is 1. The van der Waals surface area contributed by atoms with E-state index >= 15 is 0 Å². The minimum absolute atomic E-state index is 0.481.